The van der Waals surface area contributed by atoms with Crippen LogP contribution in [-0.4, -0.2) is 22.2 Å². The molecule has 0 radical (unpaired) electrons. The number of phenolic OH excluding ortho intramolecular Hbond substituents is 2. The largest absolute Gasteiger partial charge is 0.504 e. The van der Waals surface area contributed by atoms with Gasteiger partial charge in [-0.3, -0.25) is 14.4 Å². The molecule has 22 heavy (non-hydrogen) atoms. The predicted octanol–water partition coefficient (Wildman–Crippen LogP) is 1.46. The van der Waals surface area contributed by atoms with E-state index in [4.69, 9.17) is 9.47 Å². The van der Waals surface area contributed by atoms with Gasteiger partial charge in [0, 0.05) is 13.8 Å². The number of benzene rings is 1. The second-order valence-corrected chi connectivity index (χ2v) is 4.44. The van der Waals surface area contributed by atoms with Crippen LogP contribution in [0.3, 0.4) is 0 Å². The Kier molecular flexibility index (Phi) is 3.98. The molecule has 0 unspecified atom stereocenters. The van der Waals surface area contributed by atoms with Crippen LogP contribution in [-0.2, 0) is 9.59 Å². The van der Waals surface area contributed by atoms with E-state index in [9.17, 15) is 24.6 Å². The highest BCUT2D eigenvalue weighted by atomic mass is 16.5. The van der Waals surface area contributed by atoms with Crippen molar-refractivity contribution in [2.24, 2.45) is 0 Å². The van der Waals surface area contributed by atoms with Crippen molar-refractivity contribution < 1.29 is 29.3 Å². The molecule has 0 amide bonds. The van der Waals surface area contributed by atoms with E-state index in [0.29, 0.717) is 0 Å². The van der Waals surface area contributed by atoms with Gasteiger partial charge in [0.1, 0.15) is 0 Å². The van der Waals surface area contributed by atoms with Crippen molar-refractivity contribution in [1.29, 1.82) is 0 Å². The molecule has 0 aliphatic rings. The molecule has 2 N–H and O–H groups in total. The zero-order chi connectivity index (χ0) is 16.4. The Morgan fingerprint density at radius 2 is 1.68 bits per heavy atom. The van der Waals surface area contributed by atoms with E-state index < -0.39 is 34.6 Å². The van der Waals surface area contributed by atoms with E-state index in [-0.39, 0.29) is 16.5 Å². The van der Waals surface area contributed by atoms with Crippen LogP contribution < -0.4 is 14.9 Å². The maximum absolute atomic E-state index is 12.4. The van der Waals surface area contributed by atoms with Gasteiger partial charge in [0.2, 0.25) is 11.2 Å². The fourth-order valence-electron chi connectivity index (χ4n) is 1.94. The fraction of sp³-hybridized carbons (Fsp3) is 0.133. The van der Waals surface area contributed by atoms with Crippen molar-refractivity contribution in [3.63, 3.8) is 0 Å². The van der Waals surface area contributed by atoms with Gasteiger partial charge in [0.05, 0.1) is 5.39 Å². The highest BCUT2D eigenvalue weighted by molar-refractivity contribution is 5.93. The van der Waals surface area contributed by atoms with Gasteiger partial charge in [-0.05, 0) is 17.5 Å². The molecule has 2 aromatic rings. The van der Waals surface area contributed by atoms with Crippen LogP contribution in [0.4, 0.5) is 0 Å². The highest BCUT2D eigenvalue weighted by Gasteiger charge is 2.19. The standard InChI is InChI=1S/C15H12O7/c1-7(16)21-11-5-3-4-9-6-10(18)15(22-8(2)17)14(20)12(9)13(11)19/h3-6,18,20H,1-2H3. The Morgan fingerprint density at radius 3 is 2.27 bits per heavy atom. The molecule has 0 aromatic heterocycles. The first kappa shape index (κ1) is 15.3. The first-order chi connectivity index (χ1) is 10.3. The third-order valence-electron chi connectivity index (χ3n) is 2.74. The molecule has 0 saturated heterocycles. The summed E-state index contributed by atoms with van der Waals surface area (Å²) in [4.78, 5) is 34.4. The van der Waals surface area contributed by atoms with Gasteiger partial charge in [0.15, 0.2) is 17.2 Å². The molecule has 7 heteroatoms. The molecular weight excluding hydrogens is 292 g/mol. The van der Waals surface area contributed by atoms with Crippen LogP contribution in [0, 0.1) is 0 Å². The summed E-state index contributed by atoms with van der Waals surface area (Å²) >= 11 is 0. The monoisotopic (exact) mass is 304 g/mol. The van der Waals surface area contributed by atoms with Crippen LogP contribution in [0.1, 0.15) is 13.8 Å². The smallest absolute Gasteiger partial charge is 0.308 e. The summed E-state index contributed by atoms with van der Waals surface area (Å²) in [7, 11) is 0. The number of hydrogen-bond acceptors (Lipinski definition) is 7. The lowest BCUT2D eigenvalue weighted by Crippen LogP contribution is -2.10. The Balaban J connectivity index is 2.86. The molecular formula is C15H12O7. The van der Waals surface area contributed by atoms with Crippen molar-refractivity contribution in [3.8, 4) is 23.0 Å². The summed E-state index contributed by atoms with van der Waals surface area (Å²) in [5, 5.41) is 19.9. The average Bonchev–Trinajstić information content (AvgIpc) is 2.54. The van der Waals surface area contributed by atoms with Crippen molar-refractivity contribution in [2.75, 3.05) is 0 Å². The van der Waals surface area contributed by atoms with Crippen LogP contribution in [0.2, 0.25) is 0 Å². The third kappa shape index (κ3) is 2.83. The molecule has 2 rings (SSSR count). The molecule has 0 fully saturated rings. The summed E-state index contributed by atoms with van der Waals surface area (Å²) in [6, 6.07) is 5.27. The summed E-state index contributed by atoms with van der Waals surface area (Å²) in [5.74, 6) is -3.51. The Bertz CT molecular complexity index is 839. The van der Waals surface area contributed by atoms with Crippen LogP contribution in [0.5, 0.6) is 23.0 Å². The van der Waals surface area contributed by atoms with Gasteiger partial charge in [-0.1, -0.05) is 12.1 Å². The number of carbonyl (C=O) groups is 2. The molecule has 0 aliphatic heterocycles. The fourth-order valence-corrected chi connectivity index (χ4v) is 1.94. The number of rotatable bonds is 2. The number of esters is 2. The number of aromatic hydroxyl groups is 2. The van der Waals surface area contributed by atoms with Gasteiger partial charge >= 0.3 is 11.9 Å². The number of hydrogen-bond donors (Lipinski definition) is 2. The topological polar surface area (TPSA) is 110 Å². The van der Waals surface area contributed by atoms with E-state index in [1.807, 2.05) is 0 Å². The van der Waals surface area contributed by atoms with E-state index in [2.05, 4.69) is 0 Å². The maximum Gasteiger partial charge on any atom is 0.308 e. The van der Waals surface area contributed by atoms with E-state index >= 15 is 0 Å². The zero-order valence-corrected chi connectivity index (χ0v) is 11.7. The average molecular weight is 304 g/mol. The molecule has 114 valence electrons. The van der Waals surface area contributed by atoms with E-state index in [1.165, 1.54) is 18.2 Å². The van der Waals surface area contributed by atoms with Crippen molar-refractivity contribution in [3.05, 3.63) is 34.5 Å². The first-order valence-corrected chi connectivity index (χ1v) is 6.20. The third-order valence-corrected chi connectivity index (χ3v) is 2.74. The predicted molar refractivity (Wildman–Crippen MR) is 76.2 cm³/mol. The highest BCUT2D eigenvalue weighted by Crippen LogP contribution is 2.41. The summed E-state index contributed by atoms with van der Waals surface area (Å²) in [5.41, 5.74) is -0.777. The molecule has 2 aromatic carbocycles. The Labute approximate surface area is 124 Å². The molecule has 0 heterocycles. The molecule has 7 nitrogen and oxygen atoms in total. The number of carbonyl (C=O) groups excluding carboxylic acids is 2. The van der Waals surface area contributed by atoms with Gasteiger partial charge in [-0.15, -0.1) is 0 Å². The van der Waals surface area contributed by atoms with Crippen molar-refractivity contribution in [2.45, 2.75) is 13.8 Å². The van der Waals surface area contributed by atoms with Crippen LogP contribution in [0.25, 0.3) is 10.8 Å². The second kappa shape index (κ2) is 5.72. The zero-order valence-electron chi connectivity index (χ0n) is 11.7. The molecule has 0 atom stereocenters. The maximum atomic E-state index is 12.4. The normalized spacial score (nSPS) is 10.3. The lowest BCUT2D eigenvalue weighted by molar-refractivity contribution is -0.132. The Hall–Kier alpha value is -3.09. The van der Waals surface area contributed by atoms with Crippen molar-refractivity contribution >= 4 is 22.7 Å². The minimum absolute atomic E-state index is 0.189. The Morgan fingerprint density at radius 1 is 1.05 bits per heavy atom. The lowest BCUT2D eigenvalue weighted by atomic mass is 10.1. The molecule has 0 spiro atoms. The van der Waals surface area contributed by atoms with E-state index in [1.54, 1.807) is 0 Å². The summed E-state index contributed by atoms with van der Waals surface area (Å²) in [6.45, 7) is 2.21. The lowest BCUT2D eigenvalue weighted by Gasteiger charge is -2.08. The minimum atomic E-state index is -0.780. The van der Waals surface area contributed by atoms with Gasteiger partial charge in [-0.2, -0.15) is 0 Å². The quantitative estimate of drug-likeness (QED) is 0.638. The number of fused-ring (bicyclic) bond motifs is 1. The first-order valence-electron chi connectivity index (χ1n) is 6.20. The number of phenols is 2. The van der Waals surface area contributed by atoms with E-state index in [0.717, 1.165) is 19.9 Å². The van der Waals surface area contributed by atoms with Crippen LogP contribution in [0.15, 0.2) is 29.1 Å². The van der Waals surface area contributed by atoms with Gasteiger partial charge < -0.3 is 19.7 Å². The van der Waals surface area contributed by atoms with Gasteiger partial charge in [-0.25, -0.2) is 0 Å². The SMILES string of the molecule is CC(=O)Oc1c(O)cc2cccc(OC(C)=O)c(=O)c2c1O. The molecule has 0 aliphatic carbocycles. The summed E-state index contributed by atoms with van der Waals surface area (Å²) in [6.07, 6.45) is 0. The molecule has 0 bridgehead atoms. The summed E-state index contributed by atoms with van der Waals surface area (Å²) < 4.78 is 9.49. The van der Waals surface area contributed by atoms with Crippen molar-refractivity contribution in [1.82, 2.24) is 0 Å². The van der Waals surface area contributed by atoms with Gasteiger partial charge in [0.25, 0.3) is 0 Å². The number of ether oxygens (including phenoxy) is 2. The minimum Gasteiger partial charge on any atom is -0.504 e. The second-order valence-electron chi connectivity index (χ2n) is 4.44. The van der Waals surface area contributed by atoms with Crippen LogP contribution >= 0.6 is 0 Å². The molecule has 0 saturated carbocycles.